The maximum atomic E-state index is 13.3. The molecular formula is C32H32Cl2N10O2. The number of pyridine rings is 1. The van der Waals surface area contributed by atoms with Crippen LogP contribution in [0.3, 0.4) is 0 Å². The molecule has 0 unspecified atom stereocenters. The largest absolute Gasteiger partial charge is 0.379 e. The maximum Gasteiger partial charge on any atom is 0.244 e. The fraction of sp³-hybridized carbons (Fsp3) is 0.250. The third kappa shape index (κ3) is 8.15. The van der Waals surface area contributed by atoms with Gasteiger partial charge in [-0.1, -0.05) is 53.5 Å². The van der Waals surface area contributed by atoms with Gasteiger partial charge in [0.25, 0.3) is 0 Å². The SMILES string of the molecule is O=C(/C=C/c1cc(Cl)ccc1-n1cnnn1)N[C@@H](Cc1ccccc1)c1nc(-c2ccc(NCCN3CCOCC3)nc2)c(Cl)[nH]1. The second-order valence-electron chi connectivity index (χ2n) is 10.6. The van der Waals surface area contributed by atoms with E-state index in [4.69, 9.17) is 32.9 Å². The quantitative estimate of drug-likeness (QED) is 0.164. The minimum atomic E-state index is -0.502. The number of tetrazole rings is 1. The van der Waals surface area contributed by atoms with Crippen LogP contribution in [0.4, 0.5) is 5.82 Å². The summed E-state index contributed by atoms with van der Waals surface area (Å²) >= 11 is 12.9. The van der Waals surface area contributed by atoms with Crippen LogP contribution in [0.5, 0.6) is 0 Å². The molecule has 1 aliphatic heterocycles. The van der Waals surface area contributed by atoms with Crippen molar-refractivity contribution in [1.29, 1.82) is 0 Å². The summed E-state index contributed by atoms with van der Waals surface area (Å²) in [6.07, 6.45) is 6.81. The number of carbonyl (C=O) groups excluding carboxylic acids is 1. The number of nitrogens with zero attached hydrogens (tertiary/aromatic N) is 7. The van der Waals surface area contributed by atoms with Crippen molar-refractivity contribution in [2.75, 3.05) is 44.7 Å². The summed E-state index contributed by atoms with van der Waals surface area (Å²) in [5.41, 5.74) is 3.68. The summed E-state index contributed by atoms with van der Waals surface area (Å²) in [6, 6.07) is 18.4. The number of hydrogen-bond donors (Lipinski definition) is 3. The lowest BCUT2D eigenvalue weighted by atomic mass is 10.1. The smallest absolute Gasteiger partial charge is 0.244 e. The van der Waals surface area contributed by atoms with Gasteiger partial charge in [0.05, 0.1) is 24.9 Å². The average molecular weight is 660 g/mol. The molecule has 1 fully saturated rings. The molecule has 2 aromatic carbocycles. The van der Waals surface area contributed by atoms with Crippen LogP contribution in [0.2, 0.25) is 10.2 Å². The van der Waals surface area contributed by atoms with Crippen molar-refractivity contribution < 1.29 is 9.53 Å². The number of aromatic nitrogens is 7. The number of benzene rings is 2. The summed E-state index contributed by atoms with van der Waals surface area (Å²) in [5, 5.41) is 18.7. The monoisotopic (exact) mass is 658 g/mol. The number of imidazole rings is 1. The van der Waals surface area contributed by atoms with Crippen molar-refractivity contribution in [3.05, 3.63) is 106 Å². The van der Waals surface area contributed by atoms with Crippen LogP contribution in [0, 0.1) is 0 Å². The molecule has 0 spiro atoms. The van der Waals surface area contributed by atoms with E-state index >= 15 is 0 Å². The Morgan fingerprint density at radius 2 is 1.93 bits per heavy atom. The molecule has 1 saturated heterocycles. The highest BCUT2D eigenvalue weighted by atomic mass is 35.5. The molecule has 5 aromatic rings. The number of H-pyrrole nitrogens is 1. The average Bonchev–Trinajstić information content (AvgIpc) is 3.75. The summed E-state index contributed by atoms with van der Waals surface area (Å²) in [5.74, 6) is 0.968. The first-order valence-corrected chi connectivity index (χ1v) is 15.6. The van der Waals surface area contributed by atoms with Crippen molar-refractivity contribution in [1.82, 2.24) is 45.4 Å². The highest BCUT2D eigenvalue weighted by molar-refractivity contribution is 6.32. The molecule has 1 atom stereocenters. The van der Waals surface area contributed by atoms with Crippen LogP contribution >= 0.6 is 23.2 Å². The van der Waals surface area contributed by atoms with Gasteiger partial charge in [0, 0.05) is 54.6 Å². The van der Waals surface area contributed by atoms with E-state index < -0.39 is 6.04 Å². The van der Waals surface area contributed by atoms with Crippen LogP contribution in [0.25, 0.3) is 23.0 Å². The number of ether oxygens (including phenoxy) is 1. The first-order chi connectivity index (χ1) is 22.5. The van der Waals surface area contributed by atoms with E-state index in [-0.39, 0.29) is 5.91 Å². The Balaban J connectivity index is 1.17. The van der Waals surface area contributed by atoms with E-state index in [0.717, 1.165) is 56.3 Å². The van der Waals surface area contributed by atoms with Crippen LogP contribution in [0.1, 0.15) is 23.0 Å². The lowest BCUT2D eigenvalue weighted by Gasteiger charge is -2.26. The Morgan fingerprint density at radius 1 is 1.09 bits per heavy atom. The van der Waals surface area contributed by atoms with Crippen molar-refractivity contribution >= 4 is 41.0 Å². The highest BCUT2D eigenvalue weighted by Gasteiger charge is 2.21. The summed E-state index contributed by atoms with van der Waals surface area (Å²) in [6.45, 7) is 5.15. The molecule has 6 rings (SSSR count). The molecule has 1 aliphatic rings. The first kappa shape index (κ1) is 31.4. The predicted molar refractivity (Wildman–Crippen MR) is 177 cm³/mol. The topological polar surface area (TPSA) is 139 Å². The van der Waals surface area contributed by atoms with Crippen molar-refractivity contribution in [2.45, 2.75) is 12.5 Å². The van der Waals surface area contributed by atoms with Crippen molar-refractivity contribution in [3.63, 3.8) is 0 Å². The molecule has 1 amide bonds. The number of aromatic amines is 1. The molecule has 0 saturated carbocycles. The number of rotatable bonds is 12. The number of anilines is 1. The molecule has 3 aromatic heterocycles. The molecule has 236 valence electrons. The molecule has 46 heavy (non-hydrogen) atoms. The van der Waals surface area contributed by atoms with Crippen molar-refractivity contribution in [2.24, 2.45) is 0 Å². The number of halogens is 2. The Labute approximate surface area is 275 Å². The summed E-state index contributed by atoms with van der Waals surface area (Å²) < 4.78 is 6.91. The second-order valence-corrected chi connectivity index (χ2v) is 11.5. The molecule has 0 aliphatic carbocycles. The Kier molecular flexibility index (Phi) is 10.3. The standard InChI is InChI=1S/C32H32Cl2N10O2/c33-25-8-9-27(44-21-37-41-42-44)23(19-25)7-11-29(45)38-26(18-22-4-2-1-3-5-22)32-39-30(31(34)40-32)24-6-10-28(36-20-24)35-12-13-43-14-16-46-17-15-43/h1-11,19-21,26H,12-18H2,(H,35,36)(H,38,45)(H,39,40)/b11-7+/t26-/m0/s1. The molecule has 12 nitrogen and oxygen atoms in total. The second kappa shape index (κ2) is 15.1. The predicted octanol–water partition coefficient (Wildman–Crippen LogP) is 4.61. The third-order valence-electron chi connectivity index (χ3n) is 7.48. The van der Waals surface area contributed by atoms with E-state index in [1.807, 2.05) is 42.5 Å². The zero-order valence-corrected chi connectivity index (χ0v) is 26.3. The minimum Gasteiger partial charge on any atom is -0.379 e. The number of carbonyl (C=O) groups is 1. The van der Waals surface area contributed by atoms with Gasteiger partial charge >= 0.3 is 0 Å². The van der Waals surface area contributed by atoms with Gasteiger partial charge in [0.15, 0.2) is 0 Å². The third-order valence-corrected chi connectivity index (χ3v) is 7.99. The Morgan fingerprint density at radius 3 is 2.70 bits per heavy atom. The van der Waals surface area contributed by atoms with Crippen LogP contribution < -0.4 is 10.6 Å². The van der Waals surface area contributed by atoms with Crippen LogP contribution in [0.15, 0.2) is 79.3 Å². The number of morpholine rings is 1. The normalized spacial score (nSPS) is 14.4. The highest BCUT2D eigenvalue weighted by Crippen LogP contribution is 2.29. The number of hydrogen-bond acceptors (Lipinski definition) is 9. The molecule has 0 bridgehead atoms. The lowest BCUT2D eigenvalue weighted by Crippen LogP contribution is -2.39. The Bertz CT molecular complexity index is 1760. The molecule has 3 N–H and O–H groups in total. The fourth-order valence-corrected chi connectivity index (χ4v) is 5.55. The zero-order chi connectivity index (χ0) is 31.7. The van der Waals surface area contributed by atoms with Gasteiger partial charge in [-0.05, 0) is 58.8 Å². The van der Waals surface area contributed by atoms with Crippen molar-refractivity contribution in [3.8, 4) is 16.9 Å². The van der Waals surface area contributed by atoms with E-state index in [9.17, 15) is 4.79 Å². The minimum absolute atomic E-state index is 0.327. The van der Waals surface area contributed by atoms with E-state index in [0.29, 0.717) is 39.4 Å². The summed E-state index contributed by atoms with van der Waals surface area (Å²) in [4.78, 5) is 28.2. The zero-order valence-electron chi connectivity index (χ0n) is 24.8. The molecule has 14 heteroatoms. The van der Waals surface area contributed by atoms with Gasteiger partial charge < -0.3 is 20.4 Å². The van der Waals surface area contributed by atoms with Gasteiger partial charge in [0.2, 0.25) is 5.91 Å². The van der Waals surface area contributed by atoms with Gasteiger partial charge in [-0.2, -0.15) is 4.68 Å². The van der Waals surface area contributed by atoms with E-state index in [2.05, 4.69) is 41.0 Å². The summed E-state index contributed by atoms with van der Waals surface area (Å²) in [7, 11) is 0. The van der Waals surface area contributed by atoms with Gasteiger partial charge in [0.1, 0.15) is 28.8 Å². The first-order valence-electron chi connectivity index (χ1n) is 14.8. The lowest BCUT2D eigenvalue weighted by molar-refractivity contribution is -0.117. The van der Waals surface area contributed by atoms with Crippen LogP contribution in [-0.2, 0) is 16.0 Å². The molecular weight excluding hydrogens is 627 g/mol. The number of nitrogens with one attached hydrogen (secondary N) is 3. The van der Waals surface area contributed by atoms with Gasteiger partial charge in [-0.3, -0.25) is 9.69 Å². The van der Waals surface area contributed by atoms with Crippen LogP contribution in [-0.4, -0.2) is 85.4 Å². The number of amides is 1. The molecule has 4 heterocycles. The maximum absolute atomic E-state index is 13.3. The van der Waals surface area contributed by atoms with E-state index in [1.165, 1.54) is 17.1 Å². The van der Waals surface area contributed by atoms with Gasteiger partial charge in [-0.25, -0.2) is 9.97 Å². The van der Waals surface area contributed by atoms with Gasteiger partial charge in [-0.15, -0.1) is 5.10 Å². The Hall–Kier alpha value is -4.62. The molecule has 0 radical (unpaired) electrons. The fourth-order valence-electron chi connectivity index (χ4n) is 5.12. The van der Waals surface area contributed by atoms with E-state index in [1.54, 1.807) is 30.5 Å².